The second-order valence-electron chi connectivity index (χ2n) is 6.66. The standard InChI is InChI=1S/C18H24N2O3S/c1-12-6-8-20(15(11-12)16-5-4-10-23-16)17(21)7-9-19-13(2)14(3)24-18(19)22/h4-5,10,12,15H,6-9,11H2,1-3H3. The molecule has 0 radical (unpaired) electrons. The van der Waals surface area contributed by atoms with Gasteiger partial charge in [-0.05, 0) is 44.7 Å². The number of aromatic nitrogens is 1. The van der Waals surface area contributed by atoms with Crippen molar-refractivity contribution in [3.05, 3.63) is 44.4 Å². The van der Waals surface area contributed by atoms with Crippen molar-refractivity contribution in [1.29, 1.82) is 0 Å². The largest absolute Gasteiger partial charge is 0.467 e. The topological polar surface area (TPSA) is 55.5 Å². The first-order valence-corrected chi connectivity index (χ1v) is 9.28. The zero-order valence-electron chi connectivity index (χ0n) is 14.4. The van der Waals surface area contributed by atoms with Gasteiger partial charge in [-0.2, -0.15) is 0 Å². The third-order valence-corrected chi connectivity index (χ3v) is 5.98. The first-order chi connectivity index (χ1) is 11.5. The molecule has 1 aliphatic heterocycles. The normalized spacial score (nSPS) is 21.2. The Morgan fingerprint density at radius 2 is 2.21 bits per heavy atom. The molecule has 0 spiro atoms. The highest BCUT2D eigenvalue weighted by molar-refractivity contribution is 7.09. The SMILES string of the molecule is Cc1sc(=O)n(CCC(=O)N2CCC(C)CC2c2ccco2)c1C. The Labute approximate surface area is 145 Å². The minimum atomic E-state index is 0.0123. The molecular weight excluding hydrogens is 324 g/mol. The van der Waals surface area contributed by atoms with Gasteiger partial charge in [0.25, 0.3) is 0 Å². The molecule has 3 heterocycles. The lowest BCUT2D eigenvalue weighted by atomic mass is 9.91. The summed E-state index contributed by atoms with van der Waals surface area (Å²) in [6.45, 7) is 7.30. The average molecular weight is 348 g/mol. The Bertz CT molecular complexity index is 760. The lowest BCUT2D eigenvalue weighted by molar-refractivity contribution is -0.136. The second-order valence-corrected chi connectivity index (χ2v) is 7.82. The van der Waals surface area contributed by atoms with Crippen LogP contribution >= 0.6 is 11.3 Å². The fourth-order valence-corrected chi connectivity index (χ4v) is 4.25. The summed E-state index contributed by atoms with van der Waals surface area (Å²) in [6.07, 6.45) is 3.95. The predicted molar refractivity (Wildman–Crippen MR) is 94.2 cm³/mol. The lowest BCUT2D eigenvalue weighted by Gasteiger charge is -2.37. The monoisotopic (exact) mass is 348 g/mol. The number of rotatable bonds is 4. The third kappa shape index (κ3) is 3.34. The van der Waals surface area contributed by atoms with Crippen LogP contribution in [0.1, 0.15) is 48.6 Å². The molecule has 0 N–H and O–H groups in total. The van der Waals surface area contributed by atoms with E-state index in [0.29, 0.717) is 18.9 Å². The summed E-state index contributed by atoms with van der Waals surface area (Å²) in [6, 6.07) is 3.83. The Balaban J connectivity index is 1.72. The maximum Gasteiger partial charge on any atom is 0.307 e. The molecule has 2 aromatic rings. The quantitative estimate of drug-likeness (QED) is 0.849. The third-order valence-electron chi connectivity index (χ3n) is 4.98. The molecule has 24 heavy (non-hydrogen) atoms. The van der Waals surface area contributed by atoms with E-state index in [9.17, 15) is 9.59 Å². The molecule has 130 valence electrons. The molecular formula is C18H24N2O3S. The van der Waals surface area contributed by atoms with E-state index in [1.165, 1.54) is 11.3 Å². The van der Waals surface area contributed by atoms with E-state index in [0.717, 1.165) is 35.7 Å². The van der Waals surface area contributed by atoms with Crippen molar-refractivity contribution in [2.24, 2.45) is 5.92 Å². The molecule has 0 saturated carbocycles. The van der Waals surface area contributed by atoms with Crippen LogP contribution in [0.5, 0.6) is 0 Å². The summed E-state index contributed by atoms with van der Waals surface area (Å²) >= 11 is 1.25. The van der Waals surface area contributed by atoms with Crippen molar-refractivity contribution < 1.29 is 9.21 Å². The van der Waals surface area contributed by atoms with Gasteiger partial charge in [0, 0.05) is 30.1 Å². The van der Waals surface area contributed by atoms with E-state index in [4.69, 9.17) is 4.42 Å². The van der Waals surface area contributed by atoms with Crippen LogP contribution in [0.15, 0.2) is 27.6 Å². The maximum absolute atomic E-state index is 12.8. The van der Waals surface area contributed by atoms with Gasteiger partial charge in [0.15, 0.2) is 0 Å². The highest BCUT2D eigenvalue weighted by Crippen LogP contribution is 2.34. The van der Waals surface area contributed by atoms with Crippen molar-refractivity contribution in [3.8, 4) is 0 Å². The fourth-order valence-electron chi connectivity index (χ4n) is 3.39. The van der Waals surface area contributed by atoms with Crippen molar-refractivity contribution >= 4 is 17.2 Å². The molecule has 2 aromatic heterocycles. The fraction of sp³-hybridized carbons (Fsp3) is 0.556. The predicted octanol–water partition coefficient (Wildman–Crippen LogP) is 3.51. The van der Waals surface area contributed by atoms with Gasteiger partial charge in [-0.25, -0.2) is 0 Å². The molecule has 1 saturated heterocycles. The van der Waals surface area contributed by atoms with Gasteiger partial charge in [0.1, 0.15) is 5.76 Å². The number of thiazole rings is 1. The average Bonchev–Trinajstić information content (AvgIpc) is 3.15. The molecule has 5 nitrogen and oxygen atoms in total. The van der Waals surface area contributed by atoms with Crippen LogP contribution in [0.25, 0.3) is 0 Å². The highest BCUT2D eigenvalue weighted by atomic mass is 32.1. The Morgan fingerprint density at radius 3 is 2.83 bits per heavy atom. The van der Waals surface area contributed by atoms with Gasteiger partial charge in [0.2, 0.25) is 5.91 Å². The summed E-state index contributed by atoms with van der Waals surface area (Å²) in [5, 5.41) is 0. The molecule has 1 fully saturated rings. The number of hydrogen-bond donors (Lipinski definition) is 0. The van der Waals surface area contributed by atoms with Crippen LogP contribution in [-0.4, -0.2) is 21.9 Å². The summed E-state index contributed by atoms with van der Waals surface area (Å²) in [7, 11) is 0. The van der Waals surface area contributed by atoms with E-state index in [1.807, 2.05) is 30.9 Å². The van der Waals surface area contributed by atoms with E-state index in [1.54, 1.807) is 10.8 Å². The lowest BCUT2D eigenvalue weighted by Crippen LogP contribution is -2.41. The van der Waals surface area contributed by atoms with Gasteiger partial charge in [-0.15, -0.1) is 0 Å². The number of amides is 1. The summed E-state index contributed by atoms with van der Waals surface area (Å²) < 4.78 is 7.27. The van der Waals surface area contributed by atoms with Crippen molar-refractivity contribution in [3.63, 3.8) is 0 Å². The first-order valence-electron chi connectivity index (χ1n) is 8.47. The summed E-state index contributed by atoms with van der Waals surface area (Å²) in [5.74, 6) is 1.53. The van der Waals surface area contributed by atoms with Crippen LogP contribution in [-0.2, 0) is 11.3 Å². The van der Waals surface area contributed by atoms with Gasteiger partial charge in [-0.1, -0.05) is 18.3 Å². The molecule has 0 aromatic carbocycles. The molecule has 6 heteroatoms. The number of carbonyl (C=O) groups excluding carboxylic acids is 1. The van der Waals surface area contributed by atoms with Crippen LogP contribution in [0.4, 0.5) is 0 Å². The van der Waals surface area contributed by atoms with Crippen LogP contribution in [0.2, 0.25) is 0 Å². The van der Waals surface area contributed by atoms with Gasteiger partial charge in [-0.3, -0.25) is 9.59 Å². The minimum absolute atomic E-state index is 0.0123. The zero-order chi connectivity index (χ0) is 17.3. The van der Waals surface area contributed by atoms with Crippen LogP contribution in [0, 0.1) is 19.8 Å². The van der Waals surface area contributed by atoms with Gasteiger partial charge >= 0.3 is 4.87 Å². The van der Waals surface area contributed by atoms with Gasteiger partial charge in [0.05, 0.1) is 12.3 Å². The number of aryl methyl sites for hydroxylation is 1. The van der Waals surface area contributed by atoms with E-state index < -0.39 is 0 Å². The first kappa shape index (κ1) is 17.0. The minimum Gasteiger partial charge on any atom is -0.467 e. The molecule has 1 aliphatic rings. The number of piperidine rings is 1. The van der Waals surface area contributed by atoms with Crippen LogP contribution < -0.4 is 4.87 Å². The Morgan fingerprint density at radius 1 is 1.42 bits per heavy atom. The number of likely N-dealkylation sites (tertiary alicyclic amines) is 1. The Hall–Kier alpha value is -1.82. The zero-order valence-corrected chi connectivity index (χ0v) is 15.3. The van der Waals surface area contributed by atoms with E-state index >= 15 is 0 Å². The molecule has 2 unspecified atom stereocenters. The smallest absolute Gasteiger partial charge is 0.307 e. The van der Waals surface area contributed by atoms with Crippen molar-refractivity contribution in [2.75, 3.05) is 6.54 Å². The molecule has 0 aliphatic carbocycles. The number of hydrogen-bond acceptors (Lipinski definition) is 4. The second kappa shape index (κ2) is 6.97. The highest BCUT2D eigenvalue weighted by Gasteiger charge is 2.32. The summed E-state index contributed by atoms with van der Waals surface area (Å²) in [5.41, 5.74) is 0.965. The van der Waals surface area contributed by atoms with Crippen LogP contribution in [0.3, 0.4) is 0 Å². The van der Waals surface area contributed by atoms with Gasteiger partial charge < -0.3 is 13.9 Å². The summed E-state index contributed by atoms with van der Waals surface area (Å²) in [4.78, 5) is 27.7. The van der Waals surface area contributed by atoms with E-state index in [-0.39, 0.29) is 16.8 Å². The maximum atomic E-state index is 12.8. The Kier molecular flexibility index (Phi) is 4.94. The number of furan rings is 1. The number of carbonyl (C=O) groups is 1. The van der Waals surface area contributed by atoms with Crippen molar-refractivity contribution in [1.82, 2.24) is 9.47 Å². The van der Waals surface area contributed by atoms with Crippen molar-refractivity contribution in [2.45, 2.75) is 52.6 Å². The molecule has 0 bridgehead atoms. The van der Waals surface area contributed by atoms with E-state index in [2.05, 4.69) is 6.92 Å². The molecule has 1 amide bonds. The molecule has 3 rings (SSSR count). The molecule has 2 atom stereocenters. The number of nitrogens with zero attached hydrogens (tertiary/aromatic N) is 2.